The molecule has 1 unspecified atom stereocenters. The van der Waals surface area contributed by atoms with Gasteiger partial charge in [-0.3, -0.25) is 0 Å². The second kappa shape index (κ2) is 8.57. The molecule has 2 amide bonds. The molecule has 2 heterocycles. The first-order valence-corrected chi connectivity index (χ1v) is 8.17. The second-order valence-corrected chi connectivity index (χ2v) is 6.01. The minimum atomic E-state index is -4.69. The van der Waals surface area contributed by atoms with Crippen LogP contribution in [0.25, 0.3) is 11.4 Å². The van der Waals surface area contributed by atoms with Crippen molar-refractivity contribution < 1.29 is 22.5 Å². The highest BCUT2D eigenvalue weighted by Gasteiger charge is 2.38. The van der Waals surface area contributed by atoms with E-state index in [2.05, 4.69) is 20.0 Å². The predicted octanol–water partition coefficient (Wildman–Crippen LogP) is 3.52. The number of halogens is 4. The highest BCUT2D eigenvalue weighted by Crippen LogP contribution is 2.29. The largest absolute Gasteiger partial charge is 0.471 e. The molecule has 0 radical (unpaired) electrons. The minimum Gasteiger partial charge on any atom is -0.329 e. The Labute approximate surface area is 159 Å². The maximum absolute atomic E-state index is 12.5. The average molecular weight is 406 g/mol. The molecular formula is C16H19ClF3N5O2. The summed E-state index contributed by atoms with van der Waals surface area (Å²) in [5.41, 5.74) is 6.58. The SMILES string of the molecule is Cl.NCC1CCCCN1C(=O)Nc1ccc(-c2noc(C(F)(F)F)n2)cc1. The van der Waals surface area contributed by atoms with Gasteiger partial charge in [-0.15, -0.1) is 12.4 Å². The van der Waals surface area contributed by atoms with Crippen molar-refractivity contribution in [2.45, 2.75) is 31.5 Å². The van der Waals surface area contributed by atoms with Gasteiger partial charge in [0.25, 0.3) is 0 Å². The fourth-order valence-electron chi connectivity index (χ4n) is 2.87. The third-order valence-electron chi connectivity index (χ3n) is 4.22. The summed E-state index contributed by atoms with van der Waals surface area (Å²) in [4.78, 5) is 17.4. The van der Waals surface area contributed by atoms with Crippen LogP contribution >= 0.6 is 12.4 Å². The molecule has 1 aromatic carbocycles. The Morgan fingerprint density at radius 1 is 1.30 bits per heavy atom. The maximum Gasteiger partial charge on any atom is 0.471 e. The van der Waals surface area contributed by atoms with Gasteiger partial charge in [-0.25, -0.2) is 4.79 Å². The summed E-state index contributed by atoms with van der Waals surface area (Å²) in [5, 5.41) is 6.09. The summed E-state index contributed by atoms with van der Waals surface area (Å²) in [5.74, 6) is -1.57. The molecule has 1 atom stereocenters. The van der Waals surface area contributed by atoms with E-state index in [1.165, 1.54) is 12.1 Å². The fourth-order valence-corrected chi connectivity index (χ4v) is 2.87. The van der Waals surface area contributed by atoms with Gasteiger partial charge in [-0.05, 0) is 43.5 Å². The maximum atomic E-state index is 12.5. The number of amides is 2. The number of alkyl halides is 3. The van der Waals surface area contributed by atoms with Crippen molar-refractivity contribution in [3.8, 4) is 11.4 Å². The van der Waals surface area contributed by atoms with Crippen LogP contribution < -0.4 is 11.1 Å². The molecule has 1 saturated heterocycles. The van der Waals surface area contributed by atoms with Crippen LogP contribution in [0, 0.1) is 0 Å². The first-order valence-electron chi connectivity index (χ1n) is 8.17. The third-order valence-corrected chi connectivity index (χ3v) is 4.22. The molecule has 0 bridgehead atoms. The molecule has 1 fully saturated rings. The zero-order chi connectivity index (χ0) is 18.7. The van der Waals surface area contributed by atoms with Crippen LogP contribution in [0.15, 0.2) is 28.8 Å². The zero-order valence-electron chi connectivity index (χ0n) is 14.2. The Kier molecular flexibility index (Phi) is 6.66. The molecule has 1 aliphatic rings. The first kappa shape index (κ1) is 21.0. The van der Waals surface area contributed by atoms with Crippen molar-refractivity contribution >= 4 is 24.1 Å². The highest BCUT2D eigenvalue weighted by atomic mass is 35.5. The lowest BCUT2D eigenvalue weighted by Crippen LogP contribution is -2.49. The normalized spacial score (nSPS) is 17.3. The summed E-state index contributed by atoms with van der Waals surface area (Å²) in [6.07, 6.45) is -1.83. The molecule has 148 valence electrons. The standard InChI is InChI=1S/C16H18F3N5O2.ClH/c17-16(18,19)14-22-13(23-26-14)10-4-6-11(7-5-10)21-15(25)24-8-2-1-3-12(24)9-20;/h4-7,12H,1-3,8-9,20H2,(H,21,25);1H. The Bertz CT molecular complexity index is 766. The van der Waals surface area contributed by atoms with Gasteiger partial charge in [0, 0.05) is 30.4 Å². The van der Waals surface area contributed by atoms with Crippen LogP contribution in [0.1, 0.15) is 25.2 Å². The van der Waals surface area contributed by atoms with Gasteiger partial charge in [-0.2, -0.15) is 18.2 Å². The number of hydrogen-bond donors (Lipinski definition) is 2. The van der Waals surface area contributed by atoms with Crippen LogP contribution in [0.4, 0.5) is 23.7 Å². The topological polar surface area (TPSA) is 97.3 Å². The van der Waals surface area contributed by atoms with Gasteiger partial charge in [-0.1, -0.05) is 5.16 Å². The monoisotopic (exact) mass is 405 g/mol. The van der Waals surface area contributed by atoms with Gasteiger partial charge in [0.05, 0.1) is 0 Å². The molecule has 3 N–H and O–H groups in total. The van der Waals surface area contributed by atoms with E-state index in [9.17, 15) is 18.0 Å². The van der Waals surface area contributed by atoms with E-state index < -0.39 is 12.1 Å². The van der Waals surface area contributed by atoms with E-state index in [0.29, 0.717) is 24.3 Å². The third kappa shape index (κ3) is 4.89. The first-order chi connectivity index (χ1) is 12.4. The van der Waals surface area contributed by atoms with E-state index in [1.807, 2.05) is 0 Å². The highest BCUT2D eigenvalue weighted by molar-refractivity contribution is 5.89. The lowest BCUT2D eigenvalue weighted by Gasteiger charge is -2.34. The predicted molar refractivity (Wildman–Crippen MR) is 94.4 cm³/mol. The van der Waals surface area contributed by atoms with Gasteiger partial charge in [0.1, 0.15) is 0 Å². The molecule has 1 aliphatic heterocycles. The van der Waals surface area contributed by atoms with Crippen LogP contribution in [0.5, 0.6) is 0 Å². The number of likely N-dealkylation sites (tertiary alicyclic amines) is 1. The Morgan fingerprint density at radius 2 is 2.00 bits per heavy atom. The number of carbonyl (C=O) groups is 1. The molecule has 2 aromatic rings. The van der Waals surface area contributed by atoms with E-state index in [1.54, 1.807) is 17.0 Å². The number of benzene rings is 1. The summed E-state index contributed by atoms with van der Waals surface area (Å²) >= 11 is 0. The van der Waals surface area contributed by atoms with E-state index in [-0.39, 0.29) is 30.3 Å². The molecule has 1 aromatic heterocycles. The molecule has 11 heteroatoms. The molecule has 0 saturated carbocycles. The zero-order valence-corrected chi connectivity index (χ0v) is 15.0. The van der Waals surface area contributed by atoms with Crippen molar-refractivity contribution in [2.24, 2.45) is 5.73 Å². The van der Waals surface area contributed by atoms with Crippen molar-refractivity contribution in [3.63, 3.8) is 0 Å². The number of carbonyl (C=O) groups excluding carboxylic acids is 1. The molecule has 0 aliphatic carbocycles. The van der Waals surface area contributed by atoms with Gasteiger partial charge >= 0.3 is 18.1 Å². The Balaban J connectivity index is 0.00000261. The Morgan fingerprint density at radius 3 is 2.59 bits per heavy atom. The van der Waals surface area contributed by atoms with Gasteiger partial charge in [0.2, 0.25) is 5.82 Å². The summed E-state index contributed by atoms with van der Waals surface area (Å²) < 4.78 is 41.7. The van der Waals surface area contributed by atoms with Crippen LogP contribution in [0.2, 0.25) is 0 Å². The van der Waals surface area contributed by atoms with Crippen molar-refractivity contribution in [1.82, 2.24) is 15.0 Å². The second-order valence-electron chi connectivity index (χ2n) is 6.01. The molecule has 7 nitrogen and oxygen atoms in total. The molecule has 27 heavy (non-hydrogen) atoms. The number of hydrogen-bond acceptors (Lipinski definition) is 5. The van der Waals surface area contributed by atoms with E-state index in [4.69, 9.17) is 5.73 Å². The van der Waals surface area contributed by atoms with Crippen LogP contribution in [-0.2, 0) is 6.18 Å². The smallest absolute Gasteiger partial charge is 0.329 e. The number of aromatic nitrogens is 2. The van der Waals surface area contributed by atoms with Crippen molar-refractivity contribution in [3.05, 3.63) is 30.2 Å². The lowest BCUT2D eigenvalue weighted by molar-refractivity contribution is -0.159. The number of anilines is 1. The fraction of sp³-hybridized carbons (Fsp3) is 0.438. The number of urea groups is 1. The quantitative estimate of drug-likeness (QED) is 0.814. The van der Waals surface area contributed by atoms with Gasteiger partial charge in [0.15, 0.2) is 0 Å². The van der Waals surface area contributed by atoms with Crippen LogP contribution in [0.3, 0.4) is 0 Å². The van der Waals surface area contributed by atoms with E-state index >= 15 is 0 Å². The number of nitrogens with one attached hydrogen (secondary N) is 1. The average Bonchev–Trinajstić information content (AvgIpc) is 3.13. The molecule has 0 spiro atoms. The number of nitrogens with two attached hydrogens (primary N) is 1. The summed E-state index contributed by atoms with van der Waals surface area (Å²) in [6, 6.07) is 5.93. The minimum absolute atomic E-state index is 0. The van der Waals surface area contributed by atoms with Crippen molar-refractivity contribution in [1.29, 1.82) is 0 Å². The summed E-state index contributed by atoms with van der Waals surface area (Å²) in [6.45, 7) is 1.06. The molecular weight excluding hydrogens is 387 g/mol. The number of nitrogens with zero attached hydrogens (tertiary/aromatic N) is 3. The van der Waals surface area contributed by atoms with Crippen molar-refractivity contribution in [2.75, 3.05) is 18.4 Å². The van der Waals surface area contributed by atoms with Crippen LogP contribution in [-0.4, -0.2) is 40.2 Å². The summed E-state index contributed by atoms with van der Waals surface area (Å²) in [7, 11) is 0. The number of rotatable bonds is 3. The number of piperidine rings is 1. The molecule has 3 rings (SSSR count). The lowest BCUT2D eigenvalue weighted by atomic mass is 10.0. The van der Waals surface area contributed by atoms with Gasteiger partial charge < -0.3 is 20.5 Å². The van der Waals surface area contributed by atoms with E-state index in [0.717, 1.165) is 19.3 Å². The Hall–Kier alpha value is -2.33.